The van der Waals surface area contributed by atoms with Crippen molar-refractivity contribution in [2.45, 2.75) is 63.8 Å². The Bertz CT molecular complexity index is 446. The zero-order valence-electron chi connectivity index (χ0n) is 11.3. The van der Waals surface area contributed by atoms with Gasteiger partial charge in [-0.15, -0.1) is 0 Å². The molecule has 2 aliphatic carbocycles. The molecule has 1 aliphatic heterocycles. The lowest BCUT2D eigenvalue weighted by atomic mass is 9.80. The van der Waals surface area contributed by atoms with E-state index in [1.54, 1.807) is 0 Å². The van der Waals surface area contributed by atoms with Gasteiger partial charge in [0.2, 0.25) is 11.8 Å². The van der Waals surface area contributed by atoms with Gasteiger partial charge in [0, 0.05) is 5.54 Å². The summed E-state index contributed by atoms with van der Waals surface area (Å²) in [5.41, 5.74) is -1.36. The molecule has 19 heavy (non-hydrogen) atoms. The number of carbonyl (C=O) groups is 3. The average molecular weight is 264 g/mol. The molecule has 0 atom stereocenters. The maximum Gasteiger partial charge on any atom is 0.331 e. The number of rotatable bonds is 1. The third kappa shape index (κ3) is 1.63. The number of urea groups is 1. The molecule has 3 rings (SSSR count). The highest BCUT2D eigenvalue weighted by atomic mass is 16.2. The average Bonchev–Trinajstić information content (AvgIpc) is 2.97. The quantitative estimate of drug-likeness (QED) is 0.736. The van der Waals surface area contributed by atoms with Crippen molar-refractivity contribution in [2.24, 2.45) is 5.41 Å². The molecule has 0 unspecified atom stereocenters. The van der Waals surface area contributed by atoms with Crippen LogP contribution in [0.5, 0.6) is 0 Å². The first-order chi connectivity index (χ1) is 9.00. The second kappa shape index (κ2) is 4.05. The monoisotopic (exact) mass is 264 g/mol. The van der Waals surface area contributed by atoms with Gasteiger partial charge in [0.05, 0.1) is 0 Å². The van der Waals surface area contributed by atoms with Crippen molar-refractivity contribution >= 4 is 17.8 Å². The number of carbonyl (C=O) groups excluding carboxylic acids is 3. The Morgan fingerprint density at radius 1 is 0.947 bits per heavy atom. The normalized spacial score (nSPS) is 29.1. The van der Waals surface area contributed by atoms with Gasteiger partial charge in [0.1, 0.15) is 5.41 Å². The van der Waals surface area contributed by atoms with Gasteiger partial charge >= 0.3 is 6.03 Å². The number of nitrogens with zero attached hydrogens (tertiary/aromatic N) is 1. The first kappa shape index (κ1) is 12.6. The number of nitrogens with one attached hydrogen (secondary N) is 1. The summed E-state index contributed by atoms with van der Waals surface area (Å²) in [5, 5.41) is 2.42. The van der Waals surface area contributed by atoms with E-state index in [1.807, 2.05) is 6.92 Å². The van der Waals surface area contributed by atoms with E-state index < -0.39 is 17.0 Å². The zero-order chi connectivity index (χ0) is 13.7. The fourth-order valence-electron chi connectivity index (χ4n) is 3.95. The van der Waals surface area contributed by atoms with Gasteiger partial charge in [-0.1, -0.05) is 25.7 Å². The minimum absolute atomic E-state index is 0.247. The van der Waals surface area contributed by atoms with Crippen LogP contribution in [-0.4, -0.2) is 28.3 Å². The van der Waals surface area contributed by atoms with Gasteiger partial charge in [0.25, 0.3) is 0 Å². The fraction of sp³-hybridized carbons (Fsp3) is 0.786. The molecule has 0 aromatic heterocycles. The van der Waals surface area contributed by atoms with Crippen LogP contribution >= 0.6 is 0 Å². The molecule has 1 N–H and O–H groups in total. The Labute approximate surface area is 112 Å². The summed E-state index contributed by atoms with van der Waals surface area (Å²) in [6.07, 6.45) is 6.70. The summed E-state index contributed by atoms with van der Waals surface area (Å²) in [7, 11) is 0. The molecule has 4 amide bonds. The number of imide groups is 2. The lowest BCUT2D eigenvalue weighted by molar-refractivity contribution is -0.154. The molecule has 0 bridgehead atoms. The van der Waals surface area contributed by atoms with Gasteiger partial charge in [-0.05, 0) is 32.6 Å². The van der Waals surface area contributed by atoms with Gasteiger partial charge in [-0.2, -0.15) is 0 Å². The Hall–Kier alpha value is -1.39. The van der Waals surface area contributed by atoms with Crippen LogP contribution in [0.1, 0.15) is 58.3 Å². The Morgan fingerprint density at radius 2 is 1.47 bits per heavy atom. The number of hydrogen-bond acceptors (Lipinski definition) is 3. The van der Waals surface area contributed by atoms with Crippen molar-refractivity contribution in [1.29, 1.82) is 0 Å². The van der Waals surface area contributed by atoms with E-state index in [-0.39, 0.29) is 11.8 Å². The summed E-state index contributed by atoms with van der Waals surface area (Å²) in [5.74, 6) is -0.624. The molecule has 0 radical (unpaired) electrons. The molecule has 5 heteroatoms. The Kier molecular flexibility index (Phi) is 2.69. The molecule has 0 aromatic carbocycles. The number of amides is 4. The van der Waals surface area contributed by atoms with E-state index in [9.17, 15) is 14.4 Å². The highest BCUT2D eigenvalue weighted by Gasteiger charge is 2.58. The SMILES string of the molecule is CC1(N2C(=O)NC(=O)C3(CCCC3)C2=O)CCCC1. The summed E-state index contributed by atoms with van der Waals surface area (Å²) in [6.45, 7) is 1.97. The van der Waals surface area contributed by atoms with Crippen LogP contribution in [0.15, 0.2) is 0 Å². The summed E-state index contributed by atoms with van der Waals surface area (Å²) < 4.78 is 0. The minimum atomic E-state index is -0.959. The molecule has 3 fully saturated rings. The third-order valence-corrected chi connectivity index (χ3v) is 5.15. The minimum Gasteiger partial charge on any atom is -0.277 e. The molecule has 1 spiro atoms. The predicted octanol–water partition coefficient (Wildman–Crippen LogP) is 1.96. The first-order valence-electron chi connectivity index (χ1n) is 7.20. The van der Waals surface area contributed by atoms with Gasteiger partial charge in [-0.25, -0.2) is 4.79 Å². The largest absolute Gasteiger partial charge is 0.331 e. The van der Waals surface area contributed by atoms with Crippen molar-refractivity contribution < 1.29 is 14.4 Å². The standard InChI is InChI=1S/C14H20N2O3/c1-13(6-2-3-7-13)16-11(18)14(8-4-5-9-14)10(17)15-12(16)19/h2-9H2,1H3,(H,15,17,19). The van der Waals surface area contributed by atoms with E-state index in [2.05, 4.69) is 5.32 Å². The van der Waals surface area contributed by atoms with Crippen molar-refractivity contribution in [1.82, 2.24) is 10.2 Å². The molecular weight excluding hydrogens is 244 g/mol. The summed E-state index contributed by atoms with van der Waals surface area (Å²) in [6, 6.07) is -0.517. The van der Waals surface area contributed by atoms with E-state index in [4.69, 9.17) is 0 Å². The summed E-state index contributed by atoms with van der Waals surface area (Å²) >= 11 is 0. The van der Waals surface area contributed by atoms with Gasteiger partial charge in [-0.3, -0.25) is 19.8 Å². The van der Waals surface area contributed by atoms with Crippen LogP contribution in [0.25, 0.3) is 0 Å². The lowest BCUT2D eigenvalue weighted by Gasteiger charge is -2.44. The smallest absolute Gasteiger partial charge is 0.277 e. The molecule has 2 saturated carbocycles. The number of barbiturate groups is 1. The highest BCUT2D eigenvalue weighted by Crippen LogP contribution is 2.45. The summed E-state index contributed by atoms with van der Waals surface area (Å²) in [4.78, 5) is 38.4. The molecule has 1 heterocycles. The maximum absolute atomic E-state index is 12.8. The molecule has 1 saturated heterocycles. The van der Waals surface area contributed by atoms with Crippen LogP contribution in [-0.2, 0) is 9.59 Å². The third-order valence-electron chi connectivity index (χ3n) is 5.15. The van der Waals surface area contributed by atoms with Crippen molar-refractivity contribution in [3.05, 3.63) is 0 Å². The first-order valence-corrected chi connectivity index (χ1v) is 7.20. The highest BCUT2D eigenvalue weighted by molar-refractivity contribution is 6.19. The molecule has 104 valence electrons. The topological polar surface area (TPSA) is 66.5 Å². The van der Waals surface area contributed by atoms with E-state index in [0.29, 0.717) is 12.8 Å². The van der Waals surface area contributed by atoms with Crippen LogP contribution in [0.4, 0.5) is 4.79 Å². The van der Waals surface area contributed by atoms with E-state index in [1.165, 1.54) is 4.90 Å². The Morgan fingerprint density at radius 3 is 2.05 bits per heavy atom. The second-order valence-electron chi connectivity index (χ2n) is 6.39. The zero-order valence-corrected chi connectivity index (χ0v) is 11.3. The number of hydrogen-bond donors (Lipinski definition) is 1. The van der Waals surface area contributed by atoms with E-state index >= 15 is 0 Å². The molecular formula is C14H20N2O3. The van der Waals surface area contributed by atoms with Crippen LogP contribution < -0.4 is 5.32 Å². The van der Waals surface area contributed by atoms with E-state index in [0.717, 1.165) is 38.5 Å². The lowest BCUT2D eigenvalue weighted by Crippen LogP contribution is -2.68. The predicted molar refractivity (Wildman–Crippen MR) is 68.2 cm³/mol. The van der Waals surface area contributed by atoms with Crippen molar-refractivity contribution in [3.63, 3.8) is 0 Å². The van der Waals surface area contributed by atoms with Crippen LogP contribution in [0.3, 0.4) is 0 Å². The molecule has 3 aliphatic rings. The van der Waals surface area contributed by atoms with Gasteiger partial charge in [0.15, 0.2) is 0 Å². The maximum atomic E-state index is 12.8. The van der Waals surface area contributed by atoms with Crippen molar-refractivity contribution in [3.8, 4) is 0 Å². The fourth-order valence-corrected chi connectivity index (χ4v) is 3.95. The van der Waals surface area contributed by atoms with Crippen LogP contribution in [0, 0.1) is 5.41 Å². The Balaban J connectivity index is 1.98. The molecule has 5 nitrogen and oxygen atoms in total. The molecule has 0 aromatic rings. The van der Waals surface area contributed by atoms with Crippen LogP contribution in [0.2, 0.25) is 0 Å². The van der Waals surface area contributed by atoms with Crippen molar-refractivity contribution in [2.75, 3.05) is 0 Å². The van der Waals surface area contributed by atoms with Gasteiger partial charge < -0.3 is 0 Å². The second-order valence-corrected chi connectivity index (χ2v) is 6.39.